The number of thiophene rings is 1. The lowest BCUT2D eigenvalue weighted by molar-refractivity contribution is 0.121. The summed E-state index contributed by atoms with van der Waals surface area (Å²) in [6.45, 7) is 8.51. The van der Waals surface area contributed by atoms with Crippen molar-refractivity contribution >= 4 is 11.3 Å². The standard InChI is InChI=1S/C13H18N4OS/c1-2-16-5-7-17(8-6-16)10-12-14-13(15-18-12)11-4-3-9-19-11/h3-4,9H,2,5-8,10H2,1H3. The van der Waals surface area contributed by atoms with Gasteiger partial charge >= 0.3 is 0 Å². The van der Waals surface area contributed by atoms with E-state index < -0.39 is 0 Å². The Bertz CT molecular complexity index is 502. The first-order valence-electron chi connectivity index (χ1n) is 6.66. The normalized spacial score (nSPS) is 17.9. The van der Waals surface area contributed by atoms with E-state index in [1.165, 1.54) is 0 Å². The lowest BCUT2D eigenvalue weighted by Gasteiger charge is -2.32. The van der Waals surface area contributed by atoms with E-state index in [9.17, 15) is 0 Å². The van der Waals surface area contributed by atoms with Crippen molar-refractivity contribution in [3.05, 3.63) is 23.4 Å². The summed E-state index contributed by atoms with van der Waals surface area (Å²) in [6.07, 6.45) is 0. The van der Waals surface area contributed by atoms with E-state index in [0.29, 0.717) is 11.7 Å². The third kappa shape index (κ3) is 3.02. The molecule has 2 aromatic rings. The van der Waals surface area contributed by atoms with Crippen molar-refractivity contribution in [2.45, 2.75) is 13.5 Å². The van der Waals surface area contributed by atoms with Gasteiger partial charge in [-0.1, -0.05) is 18.1 Å². The highest BCUT2D eigenvalue weighted by atomic mass is 32.1. The van der Waals surface area contributed by atoms with E-state index in [-0.39, 0.29) is 0 Å². The van der Waals surface area contributed by atoms with Gasteiger partial charge in [-0.15, -0.1) is 11.3 Å². The molecule has 1 aliphatic rings. The predicted molar refractivity (Wildman–Crippen MR) is 75.0 cm³/mol. The number of likely N-dealkylation sites (N-methyl/N-ethyl adjacent to an activating group) is 1. The van der Waals surface area contributed by atoms with Crippen LogP contribution < -0.4 is 0 Å². The van der Waals surface area contributed by atoms with Gasteiger partial charge in [0.05, 0.1) is 11.4 Å². The molecular weight excluding hydrogens is 260 g/mol. The van der Waals surface area contributed by atoms with Crippen molar-refractivity contribution in [1.82, 2.24) is 19.9 Å². The quantitative estimate of drug-likeness (QED) is 0.855. The molecule has 3 heterocycles. The van der Waals surface area contributed by atoms with Crippen LogP contribution in [0.3, 0.4) is 0 Å². The summed E-state index contributed by atoms with van der Waals surface area (Å²) in [5.41, 5.74) is 0. The summed E-state index contributed by atoms with van der Waals surface area (Å²) in [5, 5.41) is 6.07. The third-order valence-corrected chi connectivity index (χ3v) is 4.35. The molecule has 0 bridgehead atoms. The van der Waals surface area contributed by atoms with Crippen LogP contribution in [0.4, 0.5) is 0 Å². The highest BCUT2D eigenvalue weighted by Gasteiger charge is 2.18. The Labute approximate surface area is 116 Å². The fraction of sp³-hybridized carbons (Fsp3) is 0.538. The van der Waals surface area contributed by atoms with Gasteiger partial charge in [-0.2, -0.15) is 4.98 Å². The van der Waals surface area contributed by atoms with Crippen LogP contribution in [0.5, 0.6) is 0 Å². The van der Waals surface area contributed by atoms with Gasteiger partial charge in [-0.25, -0.2) is 0 Å². The summed E-state index contributed by atoms with van der Waals surface area (Å²) in [6, 6.07) is 4.01. The van der Waals surface area contributed by atoms with E-state index >= 15 is 0 Å². The maximum atomic E-state index is 5.33. The van der Waals surface area contributed by atoms with Gasteiger partial charge in [0.1, 0.15) is 0 Å². The zero-order valence-corrected chi connectivity index (χ0v) is 11.9. The molecule has 102 valence electrons. The van der Waals surface area contributed by atoms with Gasteiger partial charge in [-0.05, 0) is 18.0 Å². The fourth-order valence-electron chi connectivity index (χ4n) is 2.28. The van der Waals surface area contributed by atoms with Crippen molar-refractivity contribution in [2.24, 2.45) is 0 Å². The molecule has 2 aromatic heterocycles. The van der Waals surface area contributed by atoms with E-state index in [4.69, 9.17) is 4.52 Å². The number of piperazine rings is 1. The molecule has 0 spiro atoms. The minimum Gasteiger partial charge on any atom is -0.338 e. The number of hydrogen-bond acceptors (Lipinski definition) is 6. The van der Waals surface area contributed by atoms with Crippen LogP contribution >= 0.6 is 11.3 Å². The Morgan fingerprint density at radius 2 is 2.05 bits per heavy atom. The lowest BCUT2D eigenvalue weighted by atomic mass is 10.3. The van der Waals surface area contributed by atoms with Gasteiger partial charge in [0, 0.05) is 26.2 Å². The first kappa shape index (κ1) is 12.8. The molecule has 19 heavy (non-hydrogen) atoms. The molecule has 6 heteroatoms. The van der Waals surface area contributed by atoms with Gasteiger partial charge in [-0.3, -0.25) is 4.90 Å². The Hall–Kier alpha value is -1.24. The summed E-state index contributed by atoms with van der Waals surface area (Å²) < 4.78 is 5.33. The topological polar surface area (TPSA) is 45.4 Å². The average Bonchev–Trinajstić information content (AvgIpc) is 3.10. The van der Waals surface area contributed by atoms with Crippen molar-refractivity contribution in [2.75, 3.05) is 32.7 Å². The summed E-state index contributed by atoms with van der Waals surface area (Å²) in [4.78, 5) is 10.4. The van der Waals surface area contributed by atoms with Crippen LogP contribution in [0.2, 0.25) is 0 Å². The molecule has 1 aliphatic heterocycles. The van der Waals surface area contributed by atoms with Crippen LogP contribution in [-0.2, 0) is 6.54 Å². The Balaban J connectivity index is 1.59. The largest absolute Gasteiger partial charge is 0.338 e. The van der Waals surface area contributed by atoms with Crippen LogP contribution in [0.1, 0.15) is 12.8 Å². The summed E-state index contributed by atoms with van der Waals surface area (Å²) in [7, 11) is 0. The number of rotatable bonds is 4. The van der Waals surface area contributed by atoms with Crippen LogP contribution in [-0.4, -0.2) is 52.7 Å². The Morgan fingerprint density at radius 1 is 1.26 bits per heavy atom. The molecule has 0 unspecified atom stereocenters. The van der Waals surface area contributed by atoms with Crippen LogP contribution in [0.15, 0.2) is 22.0 Å². The Morgan fingerprint density at radius 3 is 2.74 bits per heavy atom. The number of aromatic nitrogens is 2. The first-order chi connectivity index (χ1) is 9.35. The van der Waals surface area contributed by atoms with Crippen molar-refractivity contribution < 1.29 is 4.52 Å². The fourth-order valence-corrected chi connectivity index (χ4v) is 2.93. The second kappa shape index (κ2) is 5.81. The molecule has 0 amide bonds. The van der Waals surface area contributed by atoms with Crippen molar-refractivity contribution in [3.63, 3.8) is 0 Å². The SMILES string of the molecule is CCN1CCN(Cc2nc(-c3cccs3)no2)CC1. The van der Waals surface area contributed by atoms with Gasteiger partial charge in [0.2, 0.25) is 11.7 Å². The van der Waals surface area contributed by atoms with Crippen LogP contribution in [0.25, 0.3) is 10.7 Å². The molecular formula is C13H18N4OS. The highest BCUT2D eigenvalue weighted by molar-refractivity contribution is 7.13. The van der Waals surface area contributed by atoms with Gasteiger partial charge < -0.3 is 9.42 Å². The van der Waals surface area contributed by atoms with Crippen molar-refractivity contribution in [3.8, 4) is 10.7 Å². The van der Waals surface area contributed by atoms with Crippen molar-refractivity contribution in [1.29, 1.82) is 0 Å². The Kier molecular flexibility index (Phi) is 3.91. The monoisotopic (exact) mass is 278 g/mol. The molecule has 0 aliphatic carbocycles. The molecule has 0 aromatic carbocycles. The van der Waals surface area contributed by atoms with Gasteiger partial charge in [0.15, 0.2) is 0 Å². The van der Waals surface area contributed by atoms with Crippen LogP contribution in [0, 0.1) is 0 Å². The zero-order valence-electron chi connectivity index (χ0n) is 11.1. The zero-order chi connectivity index (χ0) is 13.1. The molecule has 1 saturated heterocycles. The van der Waals surface area contributed by atoms with E-state index in [1.54, 1.807) is 11.3 Å². The number of nitrogens with zero attached hydrogens (tertiary/aromatic N) is 4. The first-order valence-corrected chi connectivity index (χ1v) is 7.54. The molecule has 0 saturated carbocycles. The predicted octanol–water partition coefficient (Wildman–Crippen LogP) is 1.94. The second-order valence-corrected chi connectivity index (χ2v) is 5.65. The van der Waals surface area contributed by atoms with Gasteiger partial charge in [0.25, 0.3) is 0 Å². The average molecular weight is 278 g/mol. The maximum Gasteiger partial charge on any atom is 0.241 e. The molecule has 1 fully saturated rings. The van der Waals surface area contributed by atoms with E-state index in [0.717, 1.165) is 44.1 Å². The number of hydrogen-bond donors (Lipinski definition) is 0. The summed E-state index contributed by atoms with van der Waals surface area (Å²) in [5.74, 6) is 1.42. The second-order valence-electron chi connectivity index (χ2n) is 4.70. The summed E-state index contributed by atoms with van der Waals surface area (Å²) >= 11 is 1.63. The minimum atomic E-state index is 0.706. The smallest absolute Gasteiger partial charge is 0.241 e. The molecule has 5 nitrogen and oxygen atoms in total. The maximum absolute atomic E-state index is 5.33. The minimum absolute atomic E-state index is 0.706. The third-order valence-electron chi connectivity index (χ3n) is 3.48. The van der Waals surface area contributed by atoms with E-state index in [2.05, 4.69) is 26.9 Å². The highest BCUT2D eigenvalue weighted by Crippen LogP contribution is 2.21. The molecule has 3 rings (SSSR count). The van der Waals surface area contributed by atoms with E-state index in [1.807, 2.05) is 17.5 Å². The molecule has 0 atom stereocenters. The lowest BCUT2D eigenvalue weighted by Crippen LogP contribution is -2.45. The molecule has 0 N–H and O–H groups in total. The molecule has 0 radical (unpaired) electrons.